The van der Waals surface area contributed by atoms with E-state index < -0.39 is 0 Å². The number of hydrogen-bond donors (Lipinski definition) is 1. The second-order valence-corrected chi connectivity index (χ2v) is 11.9. The van der Waals surface area contributed by atoms with Crippen LogP contribution < -0.4 is 10.1 Å². The number of aromatic nitrogens is 1. The molecule has 3 atom stereocenters. The highest BCUT2D eigenvalue weighted by Gasteiger charge is 2.47. The van der Waals surface area contributed by atoms with Crippen molar-refractivity contribution in [3.8, 4) is 16.2 Å². The van der Waals surface area contributed by atoms with E-state index in [1.807, 2.05) is 25.1 Å². The Labute approximate surface area is 222 Å². The molecule has 2 fully saturated rings. The molecular weight excluding hydrogens is 482 g/mol. The molecule has 192 valence electrons. The molecule has 0 spiro atoms. The molecule has 6 nitrogen and oxygen atoms in total. The topological polar surface area (TPSA) is 71.5 Å². The number of likely N-dealkylation sites (tertiary alicyclic amines) is 1. The lowest BCUT2D eigenvalue weighted by Gasteiger charge is -2.30. The zero-order valence-corrected chi connectivity index (χ0v) is 22.5. The fourth-order valence-electron chi connectivity index (χ4n) is 6.63. The quantitative estimate of drug-likeness (QED) is 0.488. The van der Waals surface area contributed by atoms with Crippen molar-refractivity contribution in [2.24, 2.45) is 5.92 Å². The number of nitrogens with one attached hydrogen (secondary N) is 1. The van der Waals surface area contributed by atoms with Crippen LogP contribution in [0.4, 0.5) is 0 Å². The lowest BCUT2D eigenvalue weighted by Crippen LogP contribution is -2.46. The molecule has 1 aromatic heterocycles. The van der Waals surface area contributed by atoms with Crippen molar-refractivity contribution < 1.29 is 14.3 Å². The second kappa shape index (κ2) is 9.60. The van der Waals surface area contributed by atoms with Gasteiger partial charge in [-0.3, -0.25) is 9.59 Å². The first-order valence-electron chi connectivity index (χ1n) is 13.3. The second-order valence-electron chi connectivity index (χ2n) is 10.7. The Balaban J connectivity index is 1.27. The maximum Gasteiger partial charge on any atom is 0.274 e. The van der Waals surface area contributed by atoms with Crippen LogP contribution in [0.2, 0.25) is 0 Å². The van der Waals surface area contributed by atoms with Crippen LogP contribution in [-0.4, -0.2) is 46.9 Å². The molecule has 0 unspecified atom stereocenters. The number of rotatable bonds is 5. The molecule has 0 radical (unpaired) electrons. The van der Waals surface area contributed by atoms with Crippen LogP contribution >= 0.6 is 11.3 Å². The number of benzene rings is 2. The van der Waals surface area contributed by atoms with Crippen LogP contribution in [0.25, 0.3) is 10.4 Å². The number of hydrogen-bond acceptors (Lipinski definition) is 5. The Kier molecular flexibility index (Phi) is 6.27. The Morgan fingerprint density at radius 1 is 1.14 bits per heavy atom. The largest absolute Gasteiger partial charge is 0.493 e. The van der Waals surface area contributed by atoms with E-state index in [-0.39, 0.29) is 23.9 Å². The maximum absolute atomic E-state index is 14.2. The summed E-state index contributed by atoms with van der Waals surface area (Å²) in [6, 6.07) is 12.3. The number of ether oxygens (including phenoxy) is 1. The van der Waals surface area contributed by atoms with Gasteiger partial charge in [0.15, 0.2) is 0 Å². The lowest BCUT2D eigenvalue weighted by atomic mass is 10.0. The highest BCUT2D eigenvalue weighted by Crippen LogP contribution is 2.43. The van der Waals surface area contributed by atoms with Gasteiger partial charge in [0.2, 0.25) is 0 Å². The summed E-state index contributed by atoms with van der Waals surface area (Å²) >= 11 is 1.59. The van der Waals surface area contributed by atoms with E-state index in [1.54, 1.807) is 11.3 Å². The number of carbonyl (C=O) groups excluding carboxylic acids is 2. The van der Waals surface area contributed by atoms with Crippen molar-refractivity contribution >= 4 is 23.2 Å². The van der Waals surface area contributed by atoms with Gasteiger partial charge >= 0.3 is 0 Å². The standard InChI is InChI=1S/C30H33N3O3S/c1-17-12-18(2)14-21(13-17)28-27(32-19(3)37-28)30(35)33-22(15-20-6-4-8-25(20)33)16-31-29(34)24-7-5-9-26-23(24)10-11-36-26/h5,7,9,12-14,20,22,25H,4,6,8,10-11,15-16H2,1-3H3,(H,31,34)/t20-,22-,25-/m0/s1. The third kappa shape index (κ3) is 4.43. The highest BCUT2D eigenvalue weighted by atomic mass is 32.1. The van der Waals surface area contributed by atoms with Crippen molar-refractivity contribution in [3.63, 3.8) is 0 Å². The molecule has 1 aliphatic carbocycles. The zero-order chi connectivity index (χ0) is 25.7. The number of carbonyl (C=O) groups is 2. The average Bonchev–Trinajstić information content (AvgIpc) is 3.64. The molecule has 6 rings (SSSR count). The van der Waals surface area contributed by atoms with Gasteiger partial charge in [-0.2, -0.15) is 0 Å². The molecule has 3 aliphatic rings. The fraction of sp³-hybridized carbons (Fsp3) is 0.433. The van der Waals surface area contributed by atoms with Crippen molar-refractivity contribution in [2.75, 3.05) is 13.2 Å². The van der Waals surface area contributed by atoms with Gasteiger partial charge in [-0.15, -0.1) is 11.3 Å². The molecule has 0 bridgehead atoms. The summed E-state index contributed by atoms with van der Waals surface area (Å²) in [6.45, 7) is 7.20. The molecule has 37 heavy (non-hydrogen) atoms. The highest BCUT2D eigenvalue weighted by molar-refractivity contribution is 7.15. The van der Waals surface area contributed by atoms with E-state index in [9.17, 15) is 9.59 Å². The smallest absolute Gasteiger partial charge is 0.274 e. The van der Waals surface area contributed by atoms with Gasteiger partial charge in [0.1, 0.15) is 11.4 Å². The molecule has 2 amide bonds. The summed E-state index contributed by atoms with van der Waals surface area (Å²) in [7, 11) is 0. The maximum atomic E-state index is 14.2. The van der Waals surface area contributed by atoms with E-state index in [4.69, 9.17) is 9.72 Å². The van der Waals surface area contributed by atoms with E-state index in [2.05, 4.69) is 42.3 Å². The van der Waals surface area contributed by atoms with E-state index >= 15 is 0 Å². The summed E-state index contributed by atoms with van der Waals surface area (Å²) in [5, 5.41) is 4.05. The van der Waals surface area contributed by atoms with Crippen LogP contribution in [0.3, 0.4) is 0 Å². The van der Waals surface area contributed by atoms with Gasteiger partial charge in [-0.05, 0) is 63.6 Å². The molecule has 3 heterocycles. The number of aryl methyl sites for hydroxylation is 3. The van der Waals surface area contributed by atoms with E-state index in [0.717, 1.165) is 58.9 Å². The number of amides is 2. The Morgan fingerprint density at radius 2 is 1.95 bits per heavy atom. The van der Waals surface area contributed by atoms with Gasteiger partial charge in [-0.25, -0.2) is 4.98 Å². The summed E-state index contributed by atoms with van der Waals surface area (Å²) < 4.78 is 5.64. The molecule has 7 heteroatoms. The minimum absolute atomic E-state index is 0.00107. The van der Waals surface area contributed by atoms with Gasteiger partial charge in [0, 0.05) is 30.1 Å². The molecule has 1 saturated heterocycles. The van der Waals surface area contributed by atoms with E-state index in [0.29, 0.717) is 30.3 Å². The minimum Gasteiger partial charge on any atom is -0.493 e. The van der Waals surface area contributed by atoms with Crippen molar-refractivity contribution in [1.29, 1.82) is 0 Å². The number of thiazole rings is 1. The summed E-state index contributed by atoms with van der Waals surface area (Å²) in [5.74, 6) is 1.20. The zero-order valence-electron chi connectivity index (χ0n) is 21.7. The van der Waals surface area contributed by atoms with Crippen molar-refractivity contribution in [1.82, 2.24) is 15.2 Å². The lowest BCUT2D eigenvalue weighted by molar-refractivity contribution is 0.0645. The SMILES string of the molecule is Cc1cc(C)cc(-c2sc(C)nc2C(=O)N2[C@H](CNC(=O)c3cccc4c3CCO4)C[C@@H]3CCC[C@@H]32)c1. The van der Waals surface area contributed by atoms with Crippen molar-refractivity contribution in [2.45, 2.75) is 65.0 Å². The van der Waals surface area contributed by atoms with Crippen LogP contribution in [-0.2, 0) is 6.42 Å². The summed E-state index contributed by atoms with van der Waals surface area (Å²) in [6.07, 6.45) is 4.99. The summed E-state index contributed by atoms with van der Waals surface area (Å²) in [5.41, 5.74) is 5.61. The van der Waals surface area contributed by atoms with Gasteiger partial charge in [0.05, 0.1) is 22.5 Å². The first-order chi connectivity index (χ1) is 17.9. The predicted octanol–water partition coefficient (Wildman–Crippen LogP) is 5.48. The normalized spacial score (nSPS) is 22.0. The van der Waals surface area contributed by atoms with Crippen LogP contribution in [0, 0.1) is 26.7 Å². The molecule has 1 saturated carbocycles. The van der Waals surface area contributed by atoms with Crippen LogP contribution in [0.5, 0.6) is 5.75 Å². The Morgan fingerprint density at radius 3 is 2.76 bits per heavy atom. The monoisotopic (exact) mass is 515 g/mol. The third-order valence-corrected chi connectivity index (χ3v) is 9.10. The Bertz CT molecular complexity index is 1360. The van der Waals surface area contributed by atoms with Gasteiger partial charge < -0.3 is 15.0 Å². The first kappa shape index (κ1) is 24.2. The minimum atomic E-state index is -0.0905. The van der Waals surface area contributed by atoms with Gasteiger partial charge in [0.25, 0.3) is 11.8 Å². The van der Waals surface area contributed by atoms with E-state index in [1.165, 1.54) is 11.1 Å². The fourth-order valence-corrected chi connectivity index (χ4v) is 7.52. The molecule has 3 aromatic rings. The average molecular weight is 516 g/mol. The summed E-state index contributed by atoms with van der Waals surface area (Å²) in [4.78, 5) is 35.1. The molecule has 1 N–H and O–H groups in total. The molecule has 2 aromatic carbocycles. The third-order valence-electron chi connectivity index (χ3n) is 8.09. The predicted molar refractivity (Wildman–Crippen MR) is 145 cm³/mol. The van der Waals surface area contributed by atoms with Crippen molar-refractivity contribution in [3.05, 3.63) is 69.4 Å². The number of nitrogens with zero attached hydrogens (tertiary/aromatic N) is 2. The van der Waals surface area contributed by atoms with Crippen LogP contribution in [0.15, 0.2) is 36.4 Å². The molecule has 2 aliphatic heterocycles. The first-order valence-corrected chi connectivity index (χ1v) is 14.1. The van der Waals surface area contributed by atoms with Crippen LogP contribution in [0.1, 0.15) is 68.2 Å². The van der Waals surface area contributed by atoms with Gasteiger partial charge in [-0.1, -0.05) is 41.8 Å². The number of fused-ring (bicyclic) bond motifs is 2. The Hall–Kier alpha value is -3.19. The molecular formula is C30H33N3O3S.